The Morgan fingerprint density at radius 3 is 2.64 bits per heavy atom. The smallest absolute Gasteiger partial charge is 0.272 e. The first kappa shape index (κ1) is 16.2. The number of hydrogen-bond acceptors (Lipinski definition) is 5. The van der Waals surface area contributed by atoms with Crippen molar-refractivity contribution < 1.29 is 9.53 Å². The summed E-state index contributed by atoms with van der Waals surface area (Å²) >= 11 is 0. The van der Waals surface area contributed by atoms with E-state index in [0.717, 1.165) is 11.3 Å². The number of amides is 1. The minimum Gasteiger partial charge on any atom is -0.491 e. The summed E-state index contributed by atoms with van der Waals surface area (Å²) in [6, 6.07) is 8.03. The molecule has 1 aromatic rings. The van der Waals surface area contributed by atoms with Crippen molar-refractivity contribution in [3.63, 3.8) is 0 Å². The Kier molecular flexibility index (Phi) is 4.92. The molecule has 0 aromatic heterocycles. The predicted molar refractivity (Wildman–Crippen MR) is 85.8 cm³/mol. The van der Waals surface area contributed by atoms with E-state index < -0.39 is 0 Å². The van der Waals surface area contributed by atoms with Gasteiger partial charge < -0.3 is 15.1 Å². The topological polar surface area (TPSA) is 65.6 Å². The number of carbonyl (C=O) groups is 1. The molecule has 120 valence electrons. The van der Waals surface area contributed by atoms with Gasteiger partial charge in [-0.2, -0.15) is 5.53 Å². The number of para-hydroxylation sites is 1. The monoisotopic (exact) mass is 304 g/mol. The maximum Gasteiger partial charge on any atom is 0.272 e. The molecule has 0 aliphatic carbocycles. The number of ether oxygens (including phenoxy) is 1. The van der Waals surface area contributed by atoms with Crippen molar-refractivity contribution in [1.82, 2.24) is 21.3 Å². The van der Waals surface area contributed by atoms with Crippen LogP contribution in [-0.2, 0) is 10.2 Å². The van der Waals surface area contributed by atoms with Gasteiger partial charge in [-0.25, -0.2) is 0 Å². The molecule has 0 radical (unpaired) electrons. The summed E-state index contributed by atoms with van der Waals surface area (Å²) in [6.07, 6.45) is 1.59. The molecule has 0 saturated heterocycles. The zero-order valence-electron chi connectivity index (χ0n) is 13.6. The second-order valence-corrected chi connectivity index (χ2v) is 6.27. The first-order chi connectivity index (χ1) is 10.4. The van der Waals surface area contributed by atoms with E-state index in [-0.39, 0.29) is 11.3 Å². The highest BCUT2D eigenvalue weighted by atomic mass is 16.5. The summed E-state index contributed by atoms with van der Waals surface area (Å²) in [6.45, 7) is 7.43. The molecule has 1 aromatic carbocycles. The number of benzene rings is 1. The summed E-state index contributed by atoms with van der Waals surface area (Å²) in [5, 5.41) is 0. The van der Waals surface area contributed by atoms with Crippen molar-refractivity contribution in [1.29, 1.82) is 0 Å². The molecule has 6 heteroatoms. The van der Waals surface area contributed by atoms with Gasteiger partial charge in [0, 0.05) is 13.2 Å². The van der Waals surface area contributed by atoms with Crippen LogP contribution in [0.5, 0.6) is 5.75 Å². The van der Waals surface area contributed by atoms with Gasteiger partial charge in [0.15, 0.2) is 0 Å². The minimum atomic E-state index is -0.0924. The van der Waals surface area contributed by atoms with Crippen molar-refractivity contribution in [3.8, 4) is 5.75 Å². The van der Waals surface area contributed by atoms with Gasteiger partial charge in [0.1, 0.15) is 18.1 Å². The second-order valence-electron chi connectivity index (χ2n) is 6.27. The average Bonchev–Trinajstić information content (AvgIpc) is 3.00. The Hall–Kier alpha value is -2.21. The SMILES string of the molecule is CN(CCOc1ccccc1C(C)(C)C)C(=O)C1=CNNN1. The van der Waals surface area contributed by atoms with Gasteiger partial charge in [0.05, 0.1) is 6.54 Å². The number of nitrogens with zero attached hydrogens (tertiary/aromatic N) is 1. The quantitative estimate of drug-likeness (QED) is 0.765. The predicted octanol–water partition coefficient (Wildman–Crippen LogP) is 1.28. The molecule has 0 spiro atoms. The molecule has 1 aliphatic heterocycles. The zero-order chi connectivity index (χ0) is 16.2. The van der Waals surface area contributed by atoms with E-state index in [1.165, 1.54) is 0 Å². The second kappa shape index (κ2) is 6.70. The van der Waals surface area contributed by atoms with Crippen LogP contribution in [0.4, 0.5) is 0 Å². The highest BCUT2D eigenvalue weighted by Gasteiger charge is 2.19. The van der Waals surface area contributed by atoms with Crippen LogP contribution < -0.4 is 21.1 Å². The lowest BCUT2D eigenvalue weighted by Crippen LogP contribution is -2.38. The van der Waals surface area contributed by atoms with E-state index in [1.807, 2.05) is 18.2 Å². The van der Waals surface area contributed by atoms with Gasteiger partial charge in [-0.15, -0.1) is 0 Å². The zero-order valence-corrected chi connectivity index (χ0v) is 13.6. The Bertz CT molecular complexity index is 564. The highest BCUT2D eigenvalue weighted by molar-refractivity contribution is 5.92. The van der Waals surface area contributed by atoms with E-state index in [2.05, 4.69) is 43.2 Å². The lowest BCUT2D eigenvalue weighted by atomic mass is 9.86. The van der Waals surface area contributed by atoms with Gasteiger partial charge >= 0.3 is 0 Å². The fourth-order valence-electron chi connectivity index (χ4n) is 2.17. The van der Waals surface area contributed by atoms with Crippen molar-refractivity contribution in [2.45, 2.75) is 26.2 Å². The number of carbonyl (C=O) groups excluding carboxylic acids is 1. The Balaban J connectivity index is 1.90. The fraction of sp³-hybridized carbons (Fsp3) is 0.438. The van der Waals surface area contributed by atoms with Crippen LogP contribution in [-0.4, -0.2) is 31.0 Å². The first-order valence-electron chi connectivity index (χ1n) is 7.34. The van der Waals surface area contributed by atoms with E-state index in [4.69, 9.17) is 4.74 Å². The van der Waals surface area contributed by atoms with Crippen LogP contribution in [0.2, 0.25) is 0 Å². The third-order valence-electron chi connectivity index (χ3n) is 3.44. The number of rotatable bonds is 5. The third-order valence-corrected chi connectivity index (χ3v) is 3.44. The van der Waals surface area contributed by atoms with Gasteiger partial charge in [-0.3, -0.25) is 10.2 Å². The van der Waals surface area contributed by atoms with Crippen LogP contribution >= 0.6 is 0 Å². The fourth-order valence-corrected chi connectivity index (χ4v) is 2.17. The molecule has 0 bridgehead atoms. The summed E-state index contributed by atoms with van der Waals surface area (Å²) in [4.78, 5) is 13.7. The van der Waals surface area contributed by atoms with E-state index in [9.17, 15) is 4.79 Å². The molecule has 3 N–H and O–H groups in total. The summed E-state index contributed by atoms with van der Waals surface area (Å²) in [7, 11) is 1.75. The lowest BCUT2D eigenvalue weighted by molar-refractivity contribution is -0.126. The van der Waals surface area contributed by atoms with Gasteiger partial charge in [-0.05, 0) is 17.0 Å². The van der Waals surface area contributed by atoms with Gasteiger partial charge in [-0.1, -0.05) is 39.0 Å². The standard InChI is InChI=1S/C16H24N4O2/c1-16(2,3)12-7-5-6-8-14(12)22-10-9-20(4)15(21)13-11-17-19-18-13/h5-8,11,17-19H,9-10H2,1-4H3. The third kappa shape index (κ3) is 3.92. The lowest BCUT2D eigenvalue weighted by Gasteiger charge is -2.23. The normalized spacial score (nSPS) is 13.9. The maximum atomic E-state index is 12.1. The summed E-state index contributed by atoms with van der Waals surface area (Å²) in [5.41, 5.74) is 9.77. The molecule has 0 saturated carbocycles. The van der Waals surface area contributed by atoms with Crippen LogP contribution in [0.15, 0.2) is 36.2 Å². The highest BCUT2D eigenvalue weighted by Crippen LogP contribution is 2.30. The largest absolute Gasteiger partial charge is 0.491 e. The van der Waals surface area contributed by atoms with Crippen LogP contribution in [0.1, 0.15) is 26.3 Å². The number of hydrazine groups is 2. The summed E-state index contributed by atoms with van der Waals surface area (Å²) < 4.78 is 5.88. The van der Waals surface area contributed by atoms with E-state index >= 15 is 0 Å². The van der Waals surface area contributed by atoms with Crippen LogP contribution in [0.25, 0.3) is 0 Å². The van der Waals surface area contributed by atoms with Gasteiger partial charge in [0.25, 0.3) is 5.91 Å². The van der Waals surface area contributed by atoms with Crippen LogP contribution in [0.3, 0.4) is 0 Å². The molecule has 0 unspecified atom stereocenters. The maximum absolute atomic E-state index is 12.1. The Morgan fingerprint density at radius 1 is 1.27 bits per heavy atom. The number of likely N-dealkylation sites (N-methyl/N-ethyl adjacent to an activating group) is 1. The van der Waals surface area contributed by atoms with Crippen molar-refractivity contribution in [3.05, 3.63) is 41.7 Å². The number of nitrogens with one attached hydrogen (secondary N) is 3. The summed E-state index contributed by atoms with van der Waals surface area (Å²) in [5.74, 6) is 0.780. The van der Waals surface area contributed by atoms with E-state index in [0.29, 0.717) is 18.8 Å². The molecule has 0 atom stereocenters. The molecule has 6 nitrogen and oxygen atoms in total. The van der Waals surface area contributed by atoms with Crippen molar-refractivity contribution in [2.24, 2.45) is 0 Å². The molecule has 1 amide bonds. The molecule has 2 rings (SSSR count). The molecule has 1 aliphatic rings. The van der Waals surface area contributed by atoms with Crippen LogP contribution in [0, 0.1) is 0 Å². The van der Waals surface area contributed by atoms with Gasteiger partial charge in [0.2, 0.25) is 0 Å². The number of hydrogen-bond donors (Lipinski definition) is 3. The molecule has 22 heavy (non-hydrogen) atoms. The molecular weight excluding hydrogens is 280 g/mol. The molecule has 0 fully saturated rings. The molecule has 1 heterocycles. The van der Waals surface area contributed by atoms with E-state index in [1.54, 1.807) is 18.1 Å². The van der Waals surface area contributed by atoms with Crippen molar-refractivity contribution >= 4 is 5.91 Å². The molecular formula is C16H24N4O2. The minimum absolute atomic E-state index is 0.0221. The Labute approximate surface area is 131 Å². The van der Waals surface area contributed by atoms with Crippen molar-refractivity contribution in [2.75, 3.05) is 20.2 Å². The average molecular weight is 304 g/mol. The first-order valence-corrected chi connectivity index (χ1v) is 7.34. The Morgan fingerprint density at radius 2 is 2.00 bits per heavy atom.